The predicted octanol–water partition coefficient (Wildman–Crippen LogP) is 14.8. The van der Waals surface area contributed by atoms with Crippen LogP contribution in [-0.2, 0) is 44.6 Å². The largest absolute Gasteiger partial charge is 0.477 e. The highest BCUT2D eigenvalue weighted by Gasteiger charge is 2.33. The number of hydrogen-bond donors (Lipinski definition) is 4. The van der Waals surface area contributed by atoms with Gasteiger partial charge < -0.3 is 44.1 Å². The third kappa shape index (κ3) is 18.8. The van der Waals surface area contributed by atoms with Crippen LogP contribution in [0.4, 0.5) is 0 Å². The first-order valence-corrected chi connectivity index (χ1v) is 46.5. The Hall–Kier alpha value is -15.1. The number of aryl methyl sites for hydroxylation is 2. The Balaban J connectivity index is 0.000000114. The minimum atomic E-state index is -0.742. The molecule has 8 aromatic carbocycles. The monoisotopic (exact) mass is 1840 g/mol. The molecule has 8 atom stereocenters. The number of nitrogens with zero attached hydrogens (tertiary/aromatic N) is 16. The maximum Gasteiger partial charge on any atom is 0.261 e. The summed E-state index contributed by atoms with van der Waals surface area (Å²) in [6.07, 6.45) is 22.7. The molecular weight excluding hydrogens is 1740 g/mol. The maximum absolute atomic E-state index is 13.6. The second-order valence-corrected chi connectivity index (χ2v) is 35.3. The molecule has 23 rings (SSSR count). The Morgan fingerprint density at radius 1 is 0.341 bits per heavy atom. The molecule has 0 spiro atoms. The number of fused-ring (bicyclic) bond motifs is 12. The van der Waals surface area contributed by atoms with Crippen molar-refractivity contribution < 1.29 is 44.1 Å². The van der Waals surface area contributed by atoms with Gasteiger partial charge in [0.05, 0.1) is 167 Å². The first kappa shape index (κ1) is 90.7. The molecule has 0 radical (unpaired) electrons. The molecule has 4 saturated heterocycles. The summed E-state index contributed by atoms with van der Waals surface area (Å²) in [7, 11) is 0. The molecular formula is C109H100N16O13. The molecule has 0 bridgehead atoms. The Kier molecular flexibility index (Phi) is 26.6. The molecule has 0 unspecified atom stereocenters. The smallest absolute Gasteiger partial charge is 0.261 e. The Morgan fingerprint density at radius 2 is 0.739 bits per heavy atom. The fourth-order valence-electron chi connectivity index (χ4n) is 19.2. The van der Waals surface area contributed by atoms with E-state index in [1.165, 1.54) is 15.5 Å². The summed E-state index contributed by atoms with van der Waals surface area (Å²) in [5.41, 5.74) is 15.9. The van der Waals surface area contributed by atoms with E-state index in [0.717, 1.165) is 127 Å². The Labute approximate surface area is 791 Å². The van der Waals surface area contributed by atoms with E-state index in [4.69, 9.17) is 28.7 Å². The first-order valence-electron chi connectivity index (χ1n) is 46.5. The van der Waals surface area contributed by atoms with Gasteiger partial charge in [-0.1, -0.05) is 121 Å². The third-order valence-corrected chi connectivity index (χ3v) is 26.4. The highest BCUT2D eigenvalue weighted by Crippen LogP contribution is 2.37. The van der Waals surface area contributed by atoms with Crippen molar-refractivity contribution in [2.24, 2.45) is 0 Å². The average molecular weight is 1840 g/mol. The Bertz CT molecular complexity index is 7960. The highest BCUT2D eigenvalue weighted by molar-refractivity contribution is 6.10. The summed E-state index contributed by atoms with van der Waals surface area (Å²) in [6, 6.07) is 64.1. The topological polar surface area (TPSA) is 362 Å². The molecule has 11 aromatic heterocycles. The second kappa shape index (κ2) is 40.5. The fourth-order valence-corrected chi connectivity index (χ4v) is 19.2. The van der Waals surface area contributed by atoms with Crippen LogP contribution in [-0.4, -0.2) is 182 Å². The maximum atomic E-state index is 13.6. The Morgan fingerprint density at radius 3 is 1.12 bits per heavy atom. The van der Waals surface area contributed by atoms with Gasteiger partial charge in [-0.25, -0.2) is 34.6 Å². The van der Waals surface area contributed by atoms with Crippen LogP contribution in [0.25, 0.3) is 115 Å². The standard InChI is InChI=1S/C30H28N4O4.C29H26N4O3.C26H23N5O3.C24H23N3O3/c1-2-38-29-23(8-5-12-31-29)25-10-9-19(16-32-25)14-20-15-24-28(22-7-4-3-6-21(20)22)33-18-34(30(24)36)26-11-13-37-17-27(26)35;1-18-12-20(8-10-30-18)25-7-6-19(15-31-25)13-21-14-24-28(23-5-3-2-4-22(21)23)32-17-33(29(24)35)26-9-11-36-16-27(26)34;32-23-8-11-34-15-22(23)30-16-28-25-20-5-2-1-4-19(20)18(13-21(25)26(30)33)12-17-6-7-24(27-14-17)31-10-3-9-29-31;1-15-6-7-16(12-25-15)10-17-11-20-23(19-5-3-2-4-18(17)19)26-14-27(24(20)29)21-13-30-9-8-22(21)28/h3-10,12,15-16,18,26-27,35H,2,11,13-14,17H2,1H3;2-8,10,12,14-15,17,26-27,34H,9,11,13,16H2,1H3;1-7,9-10,13-14,16,22-23,32H,8,11-12,15H2;2-7,11-12,14,21-22,28H,8-10,13H2,1H3/t2*26-,27-;22-,23-;21-,22-/m0000/s1. The lowest BCUT2D eigenvalue weighted by Gasteiger charge is -2.29. The summed E-state index contributed by atoms with van der Waals surface area (Å²) in [4.78, 5) is 99.7. The quantitative estimate of drug-likeness (QED) is 0.0615. The van der Waals surface area contributed by atoms with Crippen LogP contribution in [0.15, 0.2) is 294 Å². The minimum Gasteiger partial charge on any atom is -0.477 e. The number of aliphatic hydroxyl groups is 4. The van der Waals surface area contributed by atoms with Gasteiger partial charge in [0.15, 0.2) is 5.82 Å². The van der Waals surface area contributed by atoms with Gasteiger partial charge in [-0.2, -0.15) is 5.10 Å². The van der Waals surface area contributed by atoms with Gasteiger partial charge in [0.25, 0.3) is 22.2 Å². The SMILES string of the molecule is CCOc1ncccc1-c1ccc(Cc2cc3c(=O)n([C@H]4CCOC[C@@H]4O)cnc3c3ccccc23)cn1.Cc1cc(-c2ccc(Cc3cc4c(=O)n([C@H]5CCOC[C@@H]5O)cnc4c4ccccc34)cn2)ccn1.Cc1ccc(Cc2cc3c(=O)n([C@H]4COCC[C@@H]4O)cnc3c3ccccc23)cn1.O=c1c2cc(Cc3ccc(-n4cccn4)nc3)c3ccccc3c2ncn1[C@H]1COCC[C@@H]1O. The van der Waals surface area contributed by atoms with Crippen LogP contribution in [0.1, 0.15) is 113 Å². The van der Waals surface area contributed by atoms with Gasteiger partial charge in [-0.05, 0) is 217 Å². The molecule has 138 heavy (non-hydrogen) atoms. The number of aliphatic hydroxyl groups excluding tert-OH is 4. The highest BCUT2D eigenvalue weighted by atomic mass is 16.5. The summed E-state index contributed by atoms with van der Waals surface area (Å²) < 4.78 is 35.3. The molecule has 15 heterocycles. The van der Waals surface area contributed by atoms with E-state index < -0.39 is 36.5 Å². The lowest BCUT2D eigenvalue weighted by Crippen LogP contribution is -2.39. The minimum absolute atomic E-state index is 0.139. The van der Waals surface area contributed by atoms with E-state index in [1.54, 1.807) is 51.4 Å². The van der Waals surface area contributed by atoms with Gasteiger partial charge in [0.1, 0.15) is 0 Å². The van der Waals surface area contributed by atoms with Gasteiger partial charge >= 0.3 is 0 Å². The molecule has 19 aromatic rings. The summed E-state index contributed by atoms with van der Waals surface area (Å²) in [6.45, 7) is 9.45. The number of rotatable bonds is 17. The molecule has 4 N–H and O–H groups in total. The molecule has 4 fully saturated rings. The second-order valence-electron chi connectivity index (χ2n) is 35.3. The first-order chi connectivity index (χ1) is 67.5. The van der Waals surface area contributed by atoms with Crippen LogP contribution < -0.4 is 27.0 Å². The van der Waals surface area contributed by atoms with E-state index in [0.29, 0.717) is 147 Å². The van der Waals surface area contributed by atoms with Crippen LogP contribution >= 0.6 is 0 Å². The van der Waals surface area contributed by atoms with Crippen LogP contribution in [0.5, 0.6) is 5.88 Å². The molecule has 4 aliphatic rings. The van der Waals surface area contributed by atoms with Crippen molar-refractivity contribution in [2.75, 3.05) is 59.5 Å². The van der Waals surface area contributed by atoms with E-state index in [9.17, 15) is 39.6 Å². The number of aromatic nitrogens is 16. The van der Waals surface area contributed by atoms with E-state index >= 15 is 0 Å². The van der Waals surface area contributed by atoms with Crippen molar-refractivity contribution in [3.8, 4) is 34.2 Å². The molecule has 694 valence electrons. The van der Waals surface area contributed by atoms with Crippen LogP contribution in [0.3, 0.4) is 0 Å². The van der Waals surface area contributed by atoms with Crippen LogP contribution in [0, 0.1) is 13.8 Å². The lowest BCUT2D eigenvalue weighted by molar-refractivity contribution is -0.0395. The van der Waals surface area contributed by atoms with Crippen LogP contribution in [0.2, 0.25) is 0 Å². The van der Waals surface area contributed by atoms with Crippen molar-refractivity contribution in [2.45, 2.75) is 121 Å². The van der Waals surface area contributed by atoms with Gasteiger partial charge in [0.2, 0.25) is 5.88 Å². The van der Waals surface area contributed by atoms with Crippen molar-refractivity contribution in [1.82, 2.24) is 77.9 Å². The molecule has 4 aliphatic heterocycles. The van der Waals surface area contributed by atoms with E-state index in [2.05, 4.69) is 86.4 Å². The zero-order valence-corrected chi connectivity index (χ0v) is 76.2. The van der Waals surface area contributed by atoms with Crippen molar-refractivity contribution in [1.29, 1.82) is 0 Å². The molecule has 29 heteroatoms. The molecule has 0 aliphatic carbocycles. The van der Waals surface area contributed by atoms with Gasteiger partial charge in [0, 0.05) is 114 Å². The van der Waals surface area contributed by atoms with Gasteiger partial charge in [-0.15, -0.1) is 0 Å². The van der Waals surface area contributed by atoms with Gasteiger partial charge in [-0.3, -0.25) is 57.4 Å². The number of pyridine rings is 6. The number of ether oxygens (including phenoxy) is 5. The van der Waals surface area contributed by atoms with Crippen molar-refractivity contribution >= 4 is 86.7 Å². The van der Waals surface area contributed by atoms with E-state index in [-0.39, 0.29) is 47.5 Å². The average Bonchev–Trinajstić information content (AvgIpc) is 0.825. The summed E-state index contributed by atoms with van der Waals surface area (Å²) in [5, 5.41) is 56.2. The number of benzene rings is 8. The fraction of sp³-hybridized carbons (Fsp3) is 0.257. The molecule has 0 saturated carbocycles. The summed E-state index contributed by atoms with van der Waals surface area (Å²) >= 11 is 0. The molecule has 0 amide bonds. The summed E-state index contributed by atoms with van der Waals surface area (Å²) in [5.74, 6) is 1.31. The lowest BCUT2D eigenvalue weighted by atomic mass is 9.96. The zero-order chi connectivity index (χ0) is 94.4. The normalized spacial score (nSPS) is 18.3. The number of hydrogen-bond acceptors (Lipinski definition) is 24. The third-order valence-electron chi connectivity index (χ3n) is 26.4. The molecule has 29 nitrogen and oxygen atoms in total. The van der Waals surface area contributed by atoms with Crippen molar-refractivity contribution in [3.63, 3.8) is 0 Å². The zero-order valence-electron chi connectivity index (χ0n) is 76.2. The van der Waals surface area contributed by atoms with Crippen molar-refractivity contribution in [3.05, 3.63) is 372 Å². The predicted molar refractivity (Wildman–Crippen MR) is 528 cm³/mol. The van der Waals surface area contributed by atoms with E-state index in [1.807, 2.05) is 216 Å².